The minimum Gasteiger partial charge on any atom is -0.492 e. The van der Waals surface area contributed by atoms with Crippen LogP contribution in [0.4, 0.5) is 0 Å². The van der Waals surface area contributed by atoms with E-state index in [0.29, 0.717) is 5.69 Å². The highest BCUT2D eigenvalue weighted by molar-refractivity contribution is 5.91. The zero-order valence-electron chi connectivity index (χ0n) is 7.44. The van der Waals surface area contributed by atoms with Gasteiger partial charge in [0.2, 0.25) is 5.88 Å². The number of nitrogens with zero attached hydrogens (tertiary/aromatic N) is 2. The lowest BCUT2D eigenvalue weighted by Crippen LogP contribution is -2.06. The van der Waals surface area contributed by atoms with Gasteiger partial charge in [-0.25, -0.2) is 4.79 Å². The molecule has 0 atom stereocenters. The first-order chi connectivity index (χ1) is 6.15. The van der Waals surface area contributed by atoms with Gasteiger partial charge in [-0.2, -0.15) is 5.10 Å². The van der Waals surface area contributed by atoms with E-state index < -0.39 is 11.8 Å². The summed E-state index contributed by atoms with van der Waals surface area (Å²) in [7, 11) is 0. The molecule has 5 heteroatoms. The molecule has 70 valence electrons. The van der Waals surface area contributed by atoms with Crippen LogP contribution in [0.2, 0.25) is 0 Å². The number of hydrogen-bond acceptors (Lipinski definition) is 5. The van der Waals surface area contributed by atoms with E-state index in [0.717, 1.165) is 0 Å². The normalized spacial score (nSPS) is 9.69. The summed E-state index contributed by atoms with van der Waals surface area (Å²) in [6.07, 6.45) is 0. The van der Waals surface area contributed by atoms with Crippen LogP contribution >= 0.6 is 0 Å². The Labute approximate surface area is 75.4 Å². The van der Waals surface area contributed by atoms with Gasteiger partial charge >= 0.3 is 5.97 Å². The molecule has 0 amide bonds. The molecule has 0 radical (unpaired) electrons. The van der Waals surface area contributed by atoms with Crippen molar-refractivity contribution in [3.05, 3.63) is 17.3 Å². The molecule has 0 fully saturated rings. The zero-order valence-corrected chi connectivity index (χ0v) is 7.44. The van der Waals surface area contributed by atoms with Crippen LogP contribution in [-0.4, -0.2) is 27.9 Å². The number of ether oxygens (including phenoxy) is 1. The van der Waals surface area contributed by atoms with Crippen molar-refractivity contribution in [3.8, 4) is 5.88 Å². The summed E-state index contributed by atoms with van der Waals surface area (Å²) in [6.45, 7) is 3.63. The number of rotatable bonds is 2. The van der Waals surface area contributed by atoms with Crippen molar-refractivity contribution >= 4 is 5.97 Å². The fraction of sp³-hybridized carbons (Fsp3) is 0.375. The summed E-state index contributed by atoms with van der Waals surface area (Å²) < 4.78 is 4.70. The Morgan fingerprint density at radius 3 is 2.92 bits per heavy atom. The maximum Gasteiger partial charge on any atom is 0.343 e. The topological polar surface area (TPSA) is 72.3 Å². The van der Waals surface area contributed by atoms with Crippen LogP contribution in [0.3, 0.4) is 0 Å². The molecular formula is C8H10N2O3. The molecule has 0 saturated heterocycles. The SMILES string of the molecule is CCOC(=O)c1cc(C)nnc1O. The summed E-state index contributed by atoms with van der Waals surface area (Å²) in [6, 6.07) is 1.43. The third kappa shape index (κ3) is 2.14. The lowest BCUT2D eigenvalue weighted by molar-refractivity contribution is 0.0521. The second kappa shape index (κ2) is 3.84. The molecule has 1 N–H and O–H groups in total. The fourth-order valence-corrected chi connectivity index (χ4v) is 0.841. The van der Waals surface area contributed by atoms with E-state index in [2.05, 4.69) is 10.2 Å². The quantitative estimate of drug-likeness (QED) is 0.680. The molecule has 13 heavy (non-hydrogen) atoms. The van der Waals surface area contributed by atoms with Gasteiger partial charge < -0.3 is 9.84 Å². The van der Waals surface area contributed by atoms with Gasteiger partial charge in [-0.05, 0) is 19.9 Å². The summed E-state index contributed by atoms with van der Waals surface area (Å²) >= 11 is 0. The third-order valence-corrected chi connectivity index (χ3v) is 1.39. The Morgan fingerprint density at radius 1 is 1.62 bits per heavy atom. The highest BCUT2D eigenvalue weighted by atomic mass is 16.5. The maximum absolute atomic E-state index is 11.2. The van der Waals surface area contributed by atoms with Crippen molar-refractivity contribution in [2.24, 2.45) is 0 Å². The summed E-state index contributed by atoms with van der Waals surface area (Å²) in [4.78, 5) is 11.2. The van der Waals surface area contributed by atoms with Crippen molar-refractivity contribution in [2.75, 3.05) is 6.61 Å². The highest BCUT2D eigenvalue weighted by Gasteiger charge is 2.13. The van der Waals surface area contributed by atoms with Crippen LogP contribution in [0.1, 0.15) is 23.0 Å². The van der Waals surface area contributed by atoms with Crippen LogP contribution in [-0.2, 0) is 4.74 Å². The first kappa shape index (κ1) is 9.44. The Hall–Kier alpha value is -1.65. The number of aryl methyl sites for hydroxylation is 1. The van der Waals surface area contributed by atoms with E-state index in [1.165, 1.54) is 6.07 Å². The minimum atomic E-state index is -0.585. The van der Waals surface area contributed by atoms with E-state index in [9.17, 15) is 4.79 Å². The Kier molecular flexibility index (Phi) is 2.79. The molecule has 1 aromatic rings. The average molecular weight is 182 g/mol. The largest absolute Gasteiger partial charge is 0.492 e. The zero-order chi connectivity index (χ0) is 9.84. The van der Waals surface area contributed by atoms with Gasteiger partial charge in [-0.3, -0.25) is 0 Å². The predicted octanol–water partition coefficient (Wildman–Crippen LogP) is 0.667. The molecule has 0 aliphatic rings. The van der Waals surface area contributed by atoms with Gasteiger partial charge in [0, 0.05) is 0 Å². The molecule has 0 spiro atoms. The Balaban J connectivity index is 2.99. The number of esters is 1. The second-order valence-electron chi connectivity index (χ2n) is 2.44. The molecule has 5 nitrogen and oxygen atoms in total. The highest BCUT2D eigenvalue weighted by Crippen LogP contribution is 2.13. The number of aromatic nitrogens is 2. The Bertz CT molecular complexity index is 325. The molecule has 1 aromatic heterocycles. The molecule has 1 heterocycles. The van der Waals surface area contributed by atoms with E-state index in [4.69, 9.17) is 9.84 Å². The lowest BCUT2D eigenvalue weighted by Gasteiger charge is -2.02. The molecule has 0 aromatic carbocycles. The fourth-order valence-electron chi connectivity index (χ4n) is 0.841. The van der Waals surface area contributed by atoms with Crippen molar-refractivity contribution < 1.29 is 14.6 Å². The number of aromatic hydroxyl groups is 1. The minimum absolute atomic E-state index is 0.0503. The first-order valence-corrected chi connectivity index (χ1v) is 3.85. The molecule has 1 rings (SSSR count). The number of carbonyl (C=O) groups excluding carboxylic acids is 1. The van der Waals surface area contributed by atoms with E-state index in [1.54, 1.807) is 13.8 Å². The van der Waals surface area contributed by atoms with Gasteiger partial charge in [0.25, 0.3) is 0 Å². The monoisotopic (exact) mass is 182 g/mol. The summed E-state index contributed by atoms with van der Waals surface area (Å²) in [5.41, 5.74) is 0.607. The van der Waals surface area contributed by atoms with Crippen molar-refractivity contribution in [1.29, 1.82) is 0 Å². The van der Waals surface area contributed by atoms with E-state index in [1.807, 2.05) is 0 Å². The predicted molar refractivity (Wildman–Crippen MR) is 44.4 cm³/mol. The van der Waals surface area contributed by atoms with Gasteiger partial charge in [0.1, 0.15) is 5.56 Å². The van der Waals surface area contributed by atoms with Crippen LogP contribution < -0.4 is 0 Å². The van der Waals surface area contributed by atoms with Gasteiger partial charge in [0.05, 0.1) is 12.3 Å². The van der Waals surface area contributed by atoms with Crippen molar-refractivity contribution in [2.45, 2.75) is 13.8 Å². The molecule has 0 bridgehead atoms. The van der Waals surface area contributed by atoms with Crippen molar-refractivity contribution in [1.82, 2.24) is 10.2 Å². The molecule has 0 aliphatic heterocycles. The molecule has 0 unspecified atom stereocenters. The summed E-state index contributed by atoms with van der Waals surface area (Å²) in [5, 5.41) is 16.1. The Morgan fingerprint density at radius 2 is 2.31 bits per heavy atom. The average Bonchev–Trinajstić information content (AvgIpc) is 2.09. The van der Waals surface area contributed by atoms with Gasteiger partial charge in [0.15, 0.2) is 0 Å². The van der Waals surface area contributed by atoms with Crippen LogP contribution in [0.5, 0.6) is 5.88 Å². The van der Waals surface area contributed by atoms with Crippen molar-refractivity contribution in [3.63, 3.8) is 0 Å². The molecular weight excluding hydrogens is 172 g/mol. The van der Waals surface area contributed by atoms with Crippen LogP contribution in [0.15, 0.2) is 6.07 Å². The smallest absolute Gasteiger partial charge is 0.343 e. The van der Waals surface area contributed by atoms with Crippen LogP contribution in [0.25, 0.3) is 0 Å². The van der Waals surface area contributed by atoms with Crippen LogP contribution in [0, 0.1) is 6.92 Å². The first-order valence-electron chi connectivity index (χ1n) is 3.85. The third-order valence-electron chi connectivity index (χ3n) is 1.39. The molecule has 0 aliphatic carbocycles. The van der Waals surface area contributed by atoms with Gasteiger partial charge in [-0.1, -0.05) is 0 Å². The second-order valence-corrected chi connectivity index (χ2v) is 2.44. The molecule has 0 saturated carbocycles. The standard InChI is InChI=1S/C8H10N2O3/c1-3-13-8(12)6-4-5(2)9-10-7(6)11/h4H,3H2,1-2H3,(H,10,11). The van der Waals surface area contributed by atoms with Gasteiger partial charge in [-0.15, -0.1) is 5.10 Å². The van der Waals surface area contributed by atoms with E-state index in [-0.39, 0.29) is 12.2 Å². The lowest BCUT2D eigenvalue weighted by atomic mass is 10.2. The maximum atomic E-state index is 11.2. The van der Waals surface area contributed by atoms with E-state index >= 15 is 0 Å². The summed E-state index contributed by atoms with van der Waals surface area (Å²) in [5.74, 6) is -0.984. The number of carbonyl (C=O) groups is 1. The number of hydrogen-bond donors (Lipinski definition) is 1.